The molecule has 0 bridgehead atoms. The first kappa shape index (κ1) is 12.3. The van der Waals surface area contributed by atoms with E-state index >= 15 is 0 Å². The highest BCUT2D eigenvalue weighted by Crippen LogP contribution is 2.29. The molecule has 1 unspecified atom stereocenters. The lowest BCUT2D eigenvalue weighted by molar-refractivity contribution is 0.193. The van der Waals surface area contributed by atoms with Crippen LogP contribution in [-0.2, 0) is 0 Å². The Balaban J connectivity index is 1.95. The molecule has 4 nitrogen and oxygen atoms in total. The van der Waals surface area contributed by atoms with Crippen molar-refractivity contribution in [3.05, 3.63) is 29.6 Å². The first-order valence-corrected chi connectivity index (χ1v) is 6.02. The van der Waals surface area contributed by atoms with Gasteiger partial charge in [0.15, 0.2) is 17.5 Å². The Bertz CT molecular complexity index is 537. The molecular formula is C12H12F3N3O. The molecule has 2 aliphatic heterocycles. The van der Waals surface area contributed by atoms with Gasteiger partial charge in [0.1, 0.15) is 0 Å². The number of urea groups is 1. The summed E-state index contributed by atoms with van der Waals surface area (Å²) in [5, 5.41) is 3.14. The quantitative estimate of drug-likeness (QED) is 0.782. The van der Waals surface area contributed by atoms with Crippen molar-refractivity contribution in [1.82, 2.24) is 10.2 Å². The number of nitrogens with zero attached hydrogens (tertiary/aromatic N) is 2. The lowest BCUT2D eigenvalue weighted by Crippen LogP contribution is -2.49. The van der Waals surface area contributed by atoms with Crippen molar-refractivity contribution in [1.29, 1.82) is 0 Å². The maximum absolute atomic E-state index is 13.7. The van der Waals surface area contributed by atoms with Gasteiger partial charge in [-0.1, -0.05) is 0 Å². The van der Waals surface area contributed by atoms with Gasteiger partial charge < -0.3 is 10.2 Å². The van der Waals surface area contributed by atoms with E-state index in [1.54, 1.807) is 4.90 Å². The van der Waals surface area contributed by atoms with Crippen LogP contribution >= 0.6 is 0 Å². The molecule has 2 heterocycles. The first-order chi connectivity index (χ1) is 9.09. The van der Waals surface area contributed by atoms with Crippen molar-refractivity contribution >= 4 is 11.7 Å². The van der Waals surface area contributed by atoms with Crippen LogP contribution in [0, 0.1) is 17.5 Å². The third-order valence-corrected chi connectivity index (χ3v) is 3.53. The molecule has 0 saturated carbocycles. The molecule has 1 N–H and O–H groups in total. The fourth-order valence-electron chi connectivity index (χ4n) is 2.55. The normalized spacial score (nSPS) is 22.9. The number of rotatable bonds is 1. The summed E-state index contributed by atoms with van der Waals surface area (Å²) in [5.74, 6) is -4.12. The van der Waals surface area contributed by atoms with Crippen LogP contribution in [0.4, 0.5) is 23.7 Å². The van der Waals surface area contributed by atoms with E-state index in [4.69, 9.17) is 0 Å². The molecule has 3 rings (SSSR count). The second-order valence-electron chi connectivity index (χ2n) is 4.64. The summed E-state index contributed by atoms with van der Waals surface area (Å²) in [6.45, 7) is 2.10. The van der Waals surface area contributed by atoms with E-state index in [0.717, 1.165) is 17.0 Å². The molecule has 19 heavy (non-hydrogen) atoms. The van der Waals surface area contributed by atoms with E-state index in [0.29, 0.717) is 19.6 Å². The van der Waals surface area contributed by atoms with Crippen LogP contribution in [0.25, 0.3) is 0 Å². The molecule has 2 fully saturated rings. The minimum atomic E-state index is -1.55. The number of carbonyl (C=O) groups is 1. The molecule has 0 aromatic heterocycles. The molecule has 0 radical (unpaired) electrons. The third kappa shape index (κ3) is 1.85. The zero-order valence-corrected chi connectivity index (χ0v) is 10.00. The highest BCUT2D eigenvalue weighted by atomic mass is 19.2. The van der Waals surface area contributed by atoms with Crippen molar-refractivity contribution in [3.63, 3.8) is 0 Å². The number of halogens is 3. The summed E-state index contributed by atoms with van der Waals surface area (Å²) in [5.41, 5.74) is -0.210. The average molecular weight is 271 g/mol. The van der Waals surface area contributed by atoms with Crippen LogP contribution in [0.5, 0.6) is 0 Å². The minimum Gasteiger partial charge on any atom is -0.317 e. The second-order valence-corrected chi connectivity index (χ2v) is 4.64. The highest BCUT2D eigenvalue weighted by Gasteiger charge is 2.40. The van der Waals surface area contributed by atoms with Gasteiger partial charge in [-0.05, 0) is 12.1 Å². The van der Waals surface area contributed by atoms with Gasteiger partial charge in [-0.2, -0.15) is 0 Å². The van der Waals surface area contributed by atoms with E-state index in [2.05, 4.69) is 5.32 Å². The number of anilines is 1. The van der Waals surface area contributed by atoms with Gasteiger partial charge in [0.05, 0.1) is 11.7 Å². The van der Waals surface area contributed by atoms with Crippen LogP contribution < -0.4 is 10.2 Å². The predicted molar refractivity (Wildman–Crippen MR) is 62.4 cm³/mol. The highest BCUT2D eigenvalue weighted by molar-refractivity contribution is 5.94. The fourth-order valence-corrected chi connectivity index (χ4v) is 2.55. The van der Waals surface area contributed by atoms with Gasteiger partial charge in [0.2, 0.25) is 0 Å². The summed E-state index contributed by atoms with van der Waals surface area (Å²) >= 11 is 0. The molecule has 1 aromatic carbocycles. The van der Waals surface area contributed by atoms with Crippen LogP contribution in [0.1, 0.15) is 0 Å². The van der Waals surface area contributed by atoms with E-state index in [-0.39, 0.29) is 24.3 Å². The van der Waals surface area contributed by atoms with Crippen LogP contribution in [0.2, 0.25) is 0 Å². The Labute approximate surface area is 107 Å². The molecule has 2 saturated heterocycles. The van der Waals surface area contributed by atoms with Gasteiger partial charge in [-0.15, -0.1) is 0 Å². The first-order valence-electron chi connectivity index (χ1n) is 6.02. The Morgan fingerprint density at radius 3 is 2.74 bits per heavy atom. The standard InChI is InChI=1S/C12H12F3N3O/c13-8-1-2-9(11(15)10(8)14)18-6-7-5-16-3-4-17(7)12(18)19/h1-2,7,16H,3-6H2. The van der Waals surface area contributed by atoms with Crippen molar-refractivity contribution in [2.75, 3.05) is 31.1 Å². The SMILES string of the molecule is O=C1N(c2ccc(F)c(F)c2F)CC2CNCCN12. The van der Waals surface area contributed by atoms with Gasteiger partial charge in [0.25, 0.3) is 0 Å². The van der Waals surface area contributed by atoms with E-state index < -0.39 is 17.5 Å². The number of carbonyl (C=O) groups excluding carboxylic acids is 1. The Hall–Kier alpha value is -1.76. The zero-order valence-electron chi connectivity index (χ0n) is 10.00. The summed E-state index contributed by atoms with van der Waals surface area (Å²) in [6, 6.07) is 1.50. The average Bonchev–Trinajstić information content (AvgIpc) is 2.74. The number of hydrogen-bond donors (Lipinski definition) is 1. The number of fused-ring (bicyclic) bond motifs is 1. The van der Waals surface area contributed by atoms with E-state index in [1.807, 2.05) is 0 Å². The van der Waals surface area contributed by atoms with Crippen molar-refractivity contribution in [3.8, 4) is 0 Å². The van der Waals surface area contributed by atoms with Crippen molar-refractivity contribution in [2.45, 2.75) is 6.04 Å². The van der Waals surface area contributed by atoms with E-state index in [1.165, 1.54) is 0 Å². The zero-order chi connectivity index (χ0) is 13.6. The van der Waals surface area contributed by atoms with Crippen molar-refractivity contribution < 1.29 is 18.0 Å². The maximum atomic E-state index is 13.7. The topological polar surface area (TPSA) is 35.6 Å². The molecule has 2 amide bonds. The predicted octanol–water partition coefficient (Wildman–Crippen LogP) is 1.32. The number of nitrogens with one attached hydrogen (secondary N) is 1. The summed E-state index contributed by atoms with van der Waals surface area (Å²) < 4.78 is 39.9. The molecule has 0 aliphatic carbocycles. The summed E-state index contributed by atoms with van der Waals surface area (Å²) in [7, 11) is 0. The smallest absolute Gasteiger partial charge is 0.317 e. The maximum Gasteiger partial charge on any atom is 0.325 e. The molecule has 0 spiro atoms. The fraction of sp³-hybridized carbons (Fsp3) is 0.417. The van der Waals surface area contributed by atoms with Gasteiger partial charge in [0, 0.05) is 26.2 Å². The lowest BCUT2D eigenvalue weighted by Gasteiger charge is -2.28. The number of amides is 2. The number of hydrogen-bond acceptors (Lipinski definition) is 2. The molecule has 7 heteroatoms. The van der Waals surface area contributed by atoms with Crippen LogP contribution in [0.15, 0.2) is 12.1 Å². The molecule has 102 valence electrons. The van der Waals surface area contributed by atoms with E-state index in [9.17, 15) is 18.0 Å². The molecular weight excluding hydrogens is 259 g/mol. The van der Waals surface area contributed by atoms with Gasteiger partial charge in [-0.3, -0.25) is 4.90 Å². The Morgan fingerprint density at radius 1 is 1.21 bits per heavy atom. The molecule has 1 atom stereocenters. The number of benzene rings is 1. The minimum absolute atomic E-state index is 0.0613. The third-order valence-electron chi connectivity index (χ3n) is 3.53. The largest absolute Gasteiger partial charge is 0.325 e. The summed E-state index contributed by atoms with van der Waals surface area (Å²) in [4.78, 5) is 14.9. The van der Waals surface area contributed by atoms with Gasteiger partial charge in [-0.25, -0.2) is 18.0 Å². The Kier molecular flexibility index (Phi) is 2.85. The monoisotopic (exact) mass is 271 g/mol. The Morgan fingerprint density at radius 2 is 2.00 bits per heavy atom. The van der Waals surface area contributed by atoms with Crippen LogP contribution in [0.3, 0.4) is 0 Å². The van der Waals surface area contributed by atoms with Crippen molar-refractivity contribution in [2.24, 2.45) is 0 Å². The summed E-state index contributed by atoms with van der Waals surface area (Å²) in [6.07, 6.45) is 0. The van der Waals surface area contributed by atoms with Gasteiger partial charge >= 0.3 is 6.03 Å². The lowest BCUT2D eigenvalue weighted by atomic mass is 10.2. The van der Waals surface area contributed by atoms with Crippen LogP contribution in [-0.4, -0.2) is 43.2 Å². The second kappa shape index (κ2) is 4.41. The number of piperazine rings is 1. The molecule has 1 aromatic rings. The molecule has 2 aliphatic rings.